The summed E-state index contributed by atoms with van der Waals surface area (Å²) in [7, 11) is 0. The third-order valence-corrected chi connectivity index (χ3v) is 2.62. The normalized spacial score (nSPS) is 10.3. The van der Waals surface area contributed by atoms with E-state index < -0.39 is 0 Å². The van der Waals surface area contributed by atoms with Crippen molar-refractivity contribution >= 4 is 45.7 Å². The lowest BCUT2D eigenvalue weighted by Gasteiger charge is -2.03. The molecular weight excluding hydrogens is 254 g/mol. The van der Waals surface area contributed by atoms with Crippen LogP contribution < -0.4 is 0 Å². The molecular formula is C10H3Cl3N2. The molecule has 0 radical (unpaired) electrons. The fraction of sp³-hybridized carbons (Fsp3) is 0. The van der Waals surface area contributed by atoms with E-state index in [2.05, 4.69) is 4.98 Å². The number of nitrogens with zero attached hydrogens (tertiary/aromatic N) is 2. The standard InChI is InChI=1S/C10H3Cl3N2/c11-6-2-7-5(4-14)1-9(13)15-10(7)8(12)3-6/h1-3H. The van der Waals surface area contributed by atoms with Crippen molar-refractivity contribution in [1.29, 1.82) is 5.26 Å². The van der Waals surface area contributed by atoms with Gasteiger partial charge in [-0.15, -0.1) is 0 Å². The van der Waals surface area contributed by atoms with Gasteiger partial charge < -0.3 is 0 Å². The van der Waals surface area contributed by atoms with Crippen LogP contribution in [0.2, 0.25) is 15.2 Å². The first-order valence-corrected chi connectivity index (χ1v) is 5.10. The highest BCUT2D eigenvalue weighted by Gasteiger charge is 2.08. The third-order valence-electron chi connectivity index (χ3n) is 1.92. The summed E-state index contributed by atoms with van der Waals surface area (Å²) < 4.78 is 0. The Morgan fingerprint density at radius 3 is 2.53 bits per heavy atom. The molecule has 0 aliphatic carbocycles. The summed E-state index contributed by atoms with van der Waals surface area (Å²) in [5.74, 6) is 0. The molecule has 0 aliphatic rings. The molecule has 1 aromatic carbocycles. The Balaban J connectivity index is 2.98. The maximum absolute atomic E-state index is 8.92. The van der Waals surface area contributed by atoms with Gasteiger partial charge in [0.15, 0.2) is 0 Å². The molecule has 74 valence electrons. The van der Waals surface area contributed by atoms with Crippen molar-refractivity contribution in [2.75, 3.05) is 0 Å². The van der Waals surface area contributed by atoms with Crippen LogP contribution in [0.5, 0.6) is 0 Å². The molecule has 0 spiro atoms. The number of halogens is 3. The lowest BCUT2D eigenvalue weighted by molar-refractivity contribution is 1.39. The van der Waals surface area contributed by atoms with Gasteiger partial charge in [-0.05, 0) is 18.2 Å². The van der Waals surface area contributed by atoms with E-state index in [0.717, 1.165) is 0 Å². The molecule has 5 heteroatoms. The van der Waals surface area contributed by atoms with Gasteiger partial charge in [-0.2, -0.15) is 5.26 Å². The highest BCUT2D eigenvalue weighted by molar-refractivity contribution is 6.39. The summed E-state index contributed by atoms with van der Waals surface area (Å²) in [5, 5.41) is 10.6. The molecule has 0 atom stereocenters. The quantitative estimate of drug-likeness (QED) is 0.667. The molecule has 15 heavy (non-hydrogen) atoms. The fourth-order valence-corrected chi connectivity index (χ4v) is 2.04. The maximum atomic E-state index is 8.92. The van der Waals surface area contributed by atoms with Gasteiger partial charge in [0.2, 0.25) is 0 Å². The minimum Gasteiger partial charge on any atom is -0.234 e. The van der Waals surface area contributed by atoms with Crippen molar-refractivity contribution in [2.24, 2.45) is 0 Å². The van der Waals surface area contributed by atoms with Gasteiger partial charge in [-0.1, -0.05) is 34.8 Å². The predicted molar refractivity (Wildman–Crippen MR) is 61.5 cm³/mol. The molecule has 0 bridgehead atoms. The maximum Gasteiger partial charge on any atom is 0.131 e. The van der Waals surface area contributed by atoms with E-state index in [-0.39, 0.29) is 5.15 Å². The molecule has 0 N–H and O–H groups in total. The number of benzene rings is 1. The zero-order valence-corrected chi connectivity index (χ0v) is 9.53. The van der Waals surface area contributed by atoms with E-state index in [0.29, 0.717) is 26.5 Å². The van der Waals surface area contributed by atoms with E-state index in [9.17, 15) is 0 Å². The summed E-state index contributed by atoms with van der Waals surface area (Å²) in [6.45, 7) is 0. The van der Waals surface area contributed by atoms with Crippen LogP contribution in [0.3, 0.4) is 0 Å². The van der Waals surface area contributed by atoms with Crippen molar-refractivity contribution < 1.29 is 0 Å². The van der Waals surface area contributed by atoms with Gasteiger partial charge in [0.1, 0.15) is 5.15 Å². The first-order valence-electron chi connectivity index (χ1n) is 3.97. The number of pyridine rings is 1. The zero-order chi connectivity index (χ0) is 11.0. The van der Waals surface area contributed by atoms with Crippen molar-refractivity contribution in [3.63, 3.8) is 0 Å². The number of hydrogen-bond acceptors (Lipinski definition) is 2. The van der Waals surface area contributed by atoms with Crippen LogP contribution in [0.25, 0.3) is 10.9 Å². The summed E-state index contributed by atoms with van der Waals surface area (Å²) in [6, 6.07) is 6.72. The van der Waals surface area contributed by atoms with Crippen LogP contribution in [0.1, 0.15) is 5.56 Å². The molecule has 0 amide bonds. The molecule has 0 unspecified atom stereocenters. The molecule has 1 aromatic heterocycles. The van der Waals surface area contributed by atoms with Crippen LogP contribution in [-0.4, -0.2) is 4.98 Å². The Labute approximate surface area is 101 Å². The first kappa shape index (κ1) is 10.5. The lowest BCUT2D eigenvalue weighted by atomic mass is 10.1. The zero-order valence-electron chi connectivity index (χ0n) is 7.26. The third kappa shape index (κ3) is 1.87. The number of fused-ring (bicyclic) bond motifs is 1. The smallest absolute Gasteiger partial charge is 0.131 e. The Bertz CT molecular complexity index is 587. The van der Waals surface area contributed by atoms with Gasteiger partial charge in [0.25, 0.3) is 0 Å². The predicted octanol–water partition coefficient (Wildman–Crippen LogP) is 4.07. The van der Waals surface area contributed by atoms with Gasteiger partial charge in [0, 0.05) is 10.4 Å². The van der Waals surface area contributed by atoms with Crippen molar-refractivity contribution in [2.45, 2.75) is 0 Å². The highest BCUT2D eigenvalue weighted by Crippen LogP contribution is 2.29. The summed E-state index contributed by atoms with van der Waals surface area (Å²) in [6.07, 6.45) is 0. The molecule has 0 aliphatic heterocycles. The van der Waals surface area contributed by atoms with Crippen LogP contribution in [0.15, 0.2) is 18.2 Å². The lowest BCUT2D eigenvalue weighted by Crippen LogP contribution is -1.86. The van der Waals surface area contributed by atoms with Gasteiger partial charge in [-0.3, -0.25) is 0 Å². The van der Waals surface area contributed by atoms with Crippen LogP contribution in [0.4, 0.5) is 0 Å². The van der Waals surface area contributed by atoms with Gasteiger partial charge >= 0.3 is 0 Å². The number of aromatic nitrogens is 1. The molecule has 2 rings (SSSR count). The van der Waals surface area contributed by atoms with E-state index in [1.165, 1.54) is 6.07 Å². The summed E-state index contributed by atoms with van der Waals surface area (Å²) in [4.78, 5) is 4.05. The fourth-order valence-electron chi connectivity index (χ4n) is 1.31. The van der Waals surface area contributed by atoms with Crippen LogP contribution in [0, 0.1) is 11.3 Å². The topological polar surface area (TPSA) is 36.7 Å². The number of nitriles is 1. The van der Waals surface area contributed by atoms with E-state index in [1.807, 2.05) is 6.07 Å². The molecule has 2 nitrogen and oxygen atoms in total. The van der Waals surface area contributed by atoms with Crippen molar-refractivity contribution in [3.8, 4) is 6.07 Å². The number of rotatable bonds is 0. The first-order chi connectivity index (χ1) is 7.11. The SMILES string of the molecule is N#Cc1cc(Cl)nc2c(Cl)cc(Cl)cc12. The minimum atomic E-state index is 0.239. The van der Waals surface area contributed by atoms with Crippen molar-refractivity contribution in [3.05, 3.63) is 39.0 Å². The van der Waals surface area contributed by atoms with Gasteiger partial charge in [0.05, 0.1) is 22.2 Å². The highest BCUT2D eigenvalue weighted by atomic mass is 35.5. The molecule has 0 fully saturated rings. The van der Waals surface area contributed by atoms with E-state index >= 15 is 0 Å². The van der Waals surface area contributed by atoms with E-state index in [4.69, 9.17) is 40.1 Å². The second kappa shape index (κ2) is 3.86. The van der Waals surface area contributed by atoms with Crippen LogP contribution >= 0.6 is 34.8 Å². The van der Waals surface area contributed by atoms with Crippen molar-refractivity contribution in [1.82, 2.24) is 4.98 Å². The molecule has 1 heterocycles. The summed E-state index contributed by atoms with van der Waals surface area (Å²) >= 11 is 17.5. The Morgan fingerprint density at radius 2 is 1.87 bits per heavy atom. The minimum absolute atomic E-state index is 0.239. The van der Waals surface area contributed by atoms with E-state index in [1.54, 1.807) is 12.1 Å². The largest absolute Gasteiger partial charge is 0.234 e. The second-order valence-electron chi connectivity index (χ2n) is 2.89. The average Bonchev–Trinajstić information content (AvgIpc) is 2.18. The Hall–Kier alpha value is -1.01. The van der Waals surface area contributed by atoms with Crippen LogP contribution in [-0.2, 0) is 0 Å². The monoisotopic (exact) mass is 256 g/mol. The summed E-state index contributed by atoms with van der Waals surface area (Å²) in [5.41, 5.74) is 0.902. The molecule has 0 saturated heterocycles. The average molecular weight is 258 g/mol. The Kier molecular flexibility index (Phi) is 2.70. The van der Waals surface area contributed by atoms with Gasteiger partial charge in [-0.25, -0.2) is 4.98 Å². The molecule has 0 saturated carbocycles. The Morgan fingerprint density at radius 1 is 1.13 bits per heavy atom. The molecule has 2 aromatic rings. The number of hydrogen-bond donors (Lipinski definition) is 0. The second-order valence-corrected chi connectivity index (χ2v) is 4.12.